The monoisotopic (exact) mass is 162 g/mol. The van der Waals surface area contributed by atoms with E-state index in [2.05, 4.69) is 16.8 Å². The van der Waals surface area contributed by atoms with Crippen LogP contribution in [0.1, 0.15) is 30.5 Å². The molecular formula is C10H14N2. The molecule has 1 fully saturated rings. The molecule has 1 aliphatic heterocycles. The van der Waals surface area contributed by atoms with Crippen LogP contribution in [0.25, 0.3) is 0 Å². The Morgan fingerprint density at radius 3 is 2.92 bits per heavy atom. The quantitative estimate of drug-likeness (QED) is 0.664. The van der Waals surface area contributed by atoms with Crippen molar-refractivity contribution < 1.29 is 0 Å². The van der Waals surface area contributed by atoms with Crippen LogP contribution >= 0.6 is 0 Å². The topological polar surface area (TPSA) is 30.9 Å². The number of aromatic nitrogens is 1. The highest BCUT2D eigenvalue weighted by atomic mass is 15.0. The van der Waals surface area contributed by atoms with Crippen LogP contribution in [0.3, 0.4) is 0 Å². The predicted octanol–water partition coefficient (Wildman–Crippen LogP) is 1.38. The second kappa shape index (κ2) is 1.94. The van der Waals surface area contributed by atoms with Gasteiger partial charge in [0.05, 0.1) is 0 Å². The van der Waals surface area contributed by atoms with Crippen molar-refractivity contribution in [2.45, 2.75) is 37.8 Å². The Balaban J connectivity index is 2.03. The van der Waals surface area contributed by atoms with Crippen LogP contribution in [0.4, 0.5) is 0 Å². The first kappa shape index (κ1) is 6.72. The lowest BCUT2D eigenvalue weighted by atomic mass is 10.1. The van der Waals surface area contributed by atoms with Gasteiger partial charge in [-0.25, -0.2) is 0 Å². The molecule has 2 heteroatoms. The lowest BCUT2D eigenvalue weighted by molar-refractivity contribution is 0.709. The van der Waals surface area contributed by atoms with Crippen molar-refractivity contribution in [2.75, 3.05) is 0 Å². The highest BCUT2D eigenvalue weighted by Gasteiger charge is 2.41. The van der Waals surface area contributed by atoms with Gasteiger partial charge in [0.2, 0.25) is 0 Å². The first-order valence-electron chi connectivity index (χ1n) is 4.76. The summed E-state index contributed by atoms with van der Waals surface area (Å²) < 4.78 is 2.36. The van der Waals surface area contributed by atoms with E-state index in [1.807, 2.05) is 0 Å². The third-order valence-electron chi connectivity index (χ3n) is 3.18. The van der Waals surface area contributed by atoms with Crippen LogP contribution in [-0.2, 0) is 18.5 Å². The molecule has 0 unspecified atom stereocenters. The predicted molar refractivity (Wildman–Crippen MR) is 47.9 cm³/mol. The van der Waals surface area contributed by atoms with Gasteiger partial charge in [-0.15, -0.1) is 0 Å². The van der Waals surface area contributed by atoms with Gasteiger partial charge in [-0.05, 0) is 37.3 Å². The molecule has 0 amide bonds. The summed E-state index contributed by atoms with van der Waals surface area (Å²) >= 11 is 0. The van der Waals surface area contributed by atoms with Crippen LogP contribution in [0, 0.1) is 0 Å². The molecule has 3 rings (SSSR count). The molecule has 0 saturated heterocycles. The van der Waals surface area contributed by atoms with Gasteiger partial charge in [-0.3, -0.25) is 0 Å². The normalized spacial score (nSPS) is 24.1. The van der Waals surface area contributed by atoms with E-state index in [9.17, 15) is 0 Å². The Hall–Kier alpha value is -0.760. The Bertz CT molecular complexity index is 299. The van der Waals surface area contributed by atoms with Crippen LogP contribution in [0.5, 0.6) is 0 Å². The molecule has 2 N–H and O–H groups in total. The molecule has 0 spiro atoms. The number of aryl methyl sites for hydroxylation is 2. The van der Waals surface area contributed by atoms with E-state index in [1.54, 1.807) is 0 Å². The van der Waals surface area contributed by atoms with E-state index in [1.165, 1.54) is 43.5 Å². The molecular weight excluding hydrogens is 148 g/mol. The zero-order valence-electron chi connectivity index (χ0n) is 7.21. The Labute approximate surface area is 72.4 Å². The summed E-state index contributed by atoms with van der Waals surface area (Å²) in [5.41, 5.74) is 9.04. The van der Waals surface area contributed by atoms with E-state index in [0.29, 0.717) is 0 Å². The summed E-state index contributed by atoms with van der Waals surface area (Å²) in [6, 6.07) is 2.31. The van der Waals surface area contributed by atoms with Gasteiger partial charge in [-0.1, -0.05) is 0 Å². The number of nitrogens with two attached hydrogens (primary N) is 1. The van der Waals surface area contributed by atoms with Gasteiger partial charge in [0.15, 0.2) is 0 Å². The number of hydrogen-bond acceptors (Lipinski definition) is 1. The molecule has 2 aliphatic rings. The lowest BCUT2D eigenvalue weighted by Crippen LogP contribution is -2.17. The molecule has 0 radical (unpaired) electrons. The zero-order chi connectivity index (χ0) is 8.18. The fourth-order valence-electron chi connectivity index (χ4n) is 2.10. The van der Waals surface area contributed by atoms with Crippen LogP contribution < -0.4 is 5.73 Å². The van der Waals surface area contributed by atoms with E-state index >= 15 is 0 Å². The van der Waals surface area contributed by atoms with Crippen molar-refractivity contribution in [2.24, 2.45) is 5.73 Å². The molecule has 0 bridgehead atoms. The summed E-state index contributed by atoms with van der Waals surface area (Å²) in [5.74, 6) is 0. The minimum atomic E-state index is 0.0668. The Morgan fingerprint density at radius 1 is 1.42 bits per heavy atom. The SMILES string of the molecule is NC1(c2cc3n(c2)CCC3)CC1. The van der Waals surface area contributed by atoms with Crippen molar-refractivity contribution in [3.63, 3.8) is 0 Å². The number of rotatable bonds is 1. The van der Waals surface area contributed by atoms with Gasteiger partial charge in [-0.2, -0.15) is 0 Å². The number of hydrogen-bond donors (Lipinski definition) is 1. The first-order chi connectivity index (χ1) is 5.78. The highest BCUT2D eigenvalue weighted by molar-refractivity contribution is 5.32. The molecule has 1 saturated carbocycles. The lowest BCUT2D eigenvalue weighted by Gasteiger charge is -2.04. The summed E-state index contributed by atoms with van der Waals surface area (Å²) in [6.45, 7) is 1.20. The molecule has 1 aromatic rings. The van der Waals surface area contributed by atoms with Crippen molar-refractivity contribution in [1.82, 2.24) is 4.57 Å². The van der Waals surface area contributed by atoms with Gasteiger partial charge < -0.3 is 10.3 Å². The van der Waals surface area contributed by atoms with Crippen LogP contribution in [0.15, 0.2) is 12.3 Å². The number of fused-ring (bicyclic) bond motifs is 1. The fourth-order valence-corrected chi connectivity index (χ4v) is 2.10. The third-order valence-corrected chi connectivity index (χ3v) is 3.18. The van der Waals surface area contributed by atoms with Gasteiger partial charge in [0.25, 0.3) is 0 Å². The van der Waals surface area contributed by atoms with Crippen molar-refractivity contribution in [3.8, 4) is 0 Å². The van der Waals surface area contributed by atoms with E-state index in [-0.39, 0.29) is 5.54 Å². The summed E-state index contributed by atoms with van der Waals surface area (Å²) in [5, 5.41) is 0. The maximum absolute atomic E-state index is 6.12. The molecule has 12 heavy (non-hydrogen) atoms. The molecule has 2 nitrogen and oxygen atoms in total. The summed E-state index contributed by atoms with van der Waals surface area (Å²) in [4.78, 5) is 0. The van der Waals surface area contributed by atoms with E-state index in [0.717, 1.165) is 0 Å². The maximum atomic E-state index is 6.12. The van der Waals surface area contributed by atoms with Crippen molar-refractivity contribution >= 4 is 0 Å². The highest BCUT2D eigenvalue weighted by Crippen LogP contribution is 2.43. The van der Waals surface area contributed by atoms with E-state index in [4.69, 9.17) is 5.73 Å². The Kier molecular flexibility index (Phi) is 1.09. The summed E-state index contributed by atoms with van der Waals surface area (Å²) in [6.07, 6.45) is 7.17. The third kappa shape index (κ3) is 0.787. The fraction of sp³-hybridized carbons (Fsp3) is 0.600. The van der Waals surface area contributed by atoms with Gasteiger partial charge in [0, 0.05) is 24.0 Å². The van der Waals surface area contributed by atoms with E-state index < -0.39 is 0 Å². The van der Waals surface area contributed by atoms with Crippen molar-refractivity contribution in [1.29, 1.82) is 0 Å². The van der Waals surface area contributed by atoms with Crippen molar-refractivity contribution in [3.05, 3.63) is 23.5 Å². The second-order valence-corrected chi connectivity index (χ2v) is 4.17. The molecule has 0 atom stereocenters. The smallest absolute Gasteiger partial charge is 0.0426 e. The molecule has 2 heterocycles. The zero-order valence-corrected chi connectivity index (χ0v) is 7.21. The maximum Gasteiger partial charge on any atom is 0.0426 e. The van der Waals surface area contributed by atoms with Crippen LogP contribution in [-0.4, -0.2) is 4.57 Å². The second-order valence-electron chi connectivity index (χ2n) is 4.17. The average Bonchev–Trinajstić information content (AvgIpc) is 2.50. The molecule has 0 aromatic carbocycles. The summed E-state index contributed by atoms with van der Waals surface area (Å²) in [7, 11) is 0. The molecule has 1 aromatic heterocycles. The van der Waals surface area contributed by atoms with Crippen LogP contribution in [0.2, 0.25) is 0 Å². The molecule has 64 valence electrons. The average molecular weight is 162 g/mol. The minimum Gasteiger partial charge on any atom is -0.351 e. The van der Waals surface area contributed by atoms with Gasteiger partial charge in [0.1, 0.15) is 0 Å². The standard InChI is InChI=1S/C10H14N2/c11-10(3-4-10)8-6-9-2-1-5-12(9)7-8/h6-7H,1-5,11H2. The van der Waals surface area contributed by atoms with Gasteiger partial charge >= 0.3 is 0 Å². The Morgan fingerprint density at radius 2 is 2.25 bits per heavy atom. The largest absolute Gasteiger partial charge is 0.351 e. The minimum absolute atomic E-state index is 0.0668. The number of nitrogens with zero attached hydrogens (tertiary/aromatic N) is 1. The first-order valence-corrected chi connectivity index (χ1v) is 4.76. The molecule has 1 aliphatic carbocycles.